The molecular weight excluding hydrogens is 216 g/mol. The zero-order valence-electron chi connectivity index (χ0n) is 9.30. The molecule has 0 unspecified atom stereocenters. The molecule has 16 heavy (non-hydrogen) atoms. The van der Waals surface area contributed by atoms with Crippen molar-refractivity contribution < 1.29 is 18.3 Å². The first-order valence-corrected chi connectivity index (χ1v) is 4.87. The van der Waals surface area contributed by atoms with Gasteiger partial charge in [-0.3, -0.25) is 0 Å². The Morgan fingerprint density at radius 2 is 1.75 bits per heavy atom. The molecule has 0 saturated carbocycles. The predicted octanol–water partition coefficient (Wildman–Crippen LogP) is 2.14. The van der Waals surface area contributed by atoms with E-state index in [1.54, 1.807) is 6.07 Å². The fourth-order valence-corrected chi connectivity index (χ4v) is 1.51. The van der Waals surface area contributed by atoms with Gasteiger partial charge in [-0.25, -0.2) is 8.78 Å². The molecule has 0 aliphatic rings. The van der Waals surface area contributed by atoms with Crippen molar-refractivity contribution in [3.63, 3.8) is 0 Å². The molecule has 2 N–H and O–H groups in total. The SMILES string of the molecule is COc1cc(CCN)c(C(F)F)cc1OC. The van der Waals surface area contributed by atoms with Gasteiger partial charge in [0.15, 0.2) is 11.5 Å². The van der Waals surface area contributed by atoms with Crippen LogP contribution in [-0.4, -0.2) is 20.8 Å². The highest BCUT2D eigenvalue weighted by Gasteiger charge is 2.17. The van der Waals surface area contributed by atoms with Gasteiger partial charge in [0, 0.05) is 5.56 Å². The molecule has 3 nitrogen and oxygen atoms in total. The summed E-state index contributed by atoms with van der Waals surface area (Å²) in [7, 11) is 2.88. The maximum Gasteiger partial charge on any atom is 0.264 e. The third-order valence-electron chi connectivity index (χ3n) is 2.29. The van der Waals surface area contributed by atoms with Gasteiger partial charge in [-0.15, -0.1) is 0 Å². The van der Waals surface area contributed by atoms with Gasteiger partial charge in [-0.05, 0) is 30.7 Å². The van der Waals surface area contributed by atoms with Crippen molar-refractivity contribution in [1.82, 2.24) is 0 Å². The Kier molecular flexibility index (Phi) is 4.49. The topological polar surface area (TPSA) is 44.5 Å². The molecular formula is C11H15F2NO2. The highest BCUT2D eigenvalue weighted by molar-refractivity contribution is 5.48. The average molecular weight is 231 g/mol. The summed E-state index contributed by atoms with van der Waals surface area (Å²) in [5.41, 5.74) is 5.82. The van der Waals surface area contributed by atoms with Crippen molar-refractivity contribution in [2.45, 2.75) is 12.8 Å². The summed E-state index contributed by atoms with van der Waals surface area (Å²) in [6, 6.07) is 2.85. The van der Waals surface area contributed by atoms with Crippen molar-refractivity contribution in [1.29, 1.82) is 0 Å². The molecule has 0 saturated heterocycles. The minimum Gasteiger partial charge on any atom is -0.493 e. The lowest BCUT2D eigenvalue weighted by molar-refractivity contribution is 0.149. The van der Waals surface area contributed by atoms with Crippen LogP contribution in [0.5, 0.6) is 11.5 Å². The maximum atomic E-state index is 12.8. The average Bonchev–Trinajstić information content (AvgIpc) is 2.28. The minimum absolute atomic E-state index is 0.0527. The van der Waals surface area contributed by atoms with Gasteiger partial charge in [0.25, 0.3) is 6.43 Å². The third kappa shape index (κ3) is 2.61. The molecule has 0 atom stereocenters. The highest BCUT2D eigenvalue weighted by atomic mass is 19.3. The molecule has 0 heterocycles. The summed E-state index contributed by atoms with van der Waals surface area (Å²) in [5, 5.41) is 0. The summed E-state index contributed by atoms with van der Waals surface area (Å²) < 4.78 is 35.5. The zero-order chi connectivity index (χ0) is 12.1. The van der Waals surface area contributed by atoms with E-state index in [0.29, 0.717) is 30.0 Å². The smallest absolute Gasteiger partial charge is 0.264 e. The van der Waals surface area contributed by atoms with Crippen LogP contribution in [0.15, 0.2) is 12.1 Å². The number of hydrogen-bond donors (Lipinski definition) is 1. The van der Waals surface area contributed by atoms with E-state index in [9.17, 15) is 8.78 Å². The van der Waals surface area contributed by atoms with E-state index in [4.69, 9.17) is 15.2 Å². The molecule has 5 heteroatoms. The van der Waals surface area contributed by atoms with Crippen molar-refractivity contribution in [2.75, 3.05) is 20.8 Å². The molecule has 0 radical (unpaired) electrons. The number of nitrogens with two attached hydrogens (primary N) is 1. The Balaban J connectivity index is 3.23. The Bertz CT molecular complexity index is 356. The highest BCUT2D eigenvalue weighted by Crippen LogP contribution is 2.35. The van der Waals surface area contributed by atoms with E-state index in [0.717, 1.165) is 0 Å². The van der Waals surface area contributed by atoms with Gasteiger partial charge < -0.3 is 15.2 Å². The fraction of sp³-hybridized carbons (Fsp3) is 0.455. The van der Waals surface area contributed by atoms with Crippen molar-refractivity contribution in [3.8, 4) is 11.5 Å². The van der Waals surface area contributed by atoms with Gasteiger partial charge in [-0.2, -0.15) is 0 Å². The van der Waals surface area contributed by atoms with Crippen LogP contribution in [0.3, 0.4) is 0 Å². The van der Waals surface area contributed by atoms with E-state index in [1.165, 1.54) is 20.3 Å². The first-order chi connectivity index (χ1) is 7.63. The lowest BCUT2D eigenvalue weighted by Crippen LogP contribution is -2.06. The zero-order valence-corrected chi connectivity index (χ0v) is 9.30. The molecule has 0 fully saturated rings. The van der Waals surface area contributed by atoms with Crippen LogP contribution in [0.2, 0.25) is 0 Å². The largest absolute Gasteiger partial charge is 0.493 e. The predicted molar refractivity (Wildman–Crippen MR) is 57.3 cm³/mol. The van der Waals surface area contributed by atoms with Crippen LogP contribution in [0, 0.1) is 0 Å². The molecule has 0 spiro atoms. The van der Waals surface area contributed by atoms with E-state index >= 15 is 0 Å². The fourth-order valence-electron chi connectivity index (χ4n) is 1.51. The van der Waals surface area contributed by atoms with Crippen LogP contribution >= 0.6 is 0 Å². The summed E-state index contributed by atoms with van der Waals surface area (Å²) in [5.74, 6) is 0.744. The number of hydrogen-bond acceptors (Lipinski definition) is 3. The number of benzene rings is 1. The first-order valence-electron chi connectivity index (χ1n) is 4.87. The molecule has 0 amide bonds. The lowest BCUT2D eigenvalue weighted by Gasteiger charge is -2.14. The summed E-state index contributed by atoms with van der Waals surface area (Å²) in [4.78, 5) is 0. The summed E-state index contributed by atoms with van der Waals surface area (Å²) >= 11 is 0. The Labute approximate surface area is 93.2 Å². The Morgan fingerprint density at radius 3 is 2.19 bits per heavy atom. The van der Waals surface area contributed by atoms with E-state index < -0.39 is 6.43 Å². The first kappa shape index (κ1) is 12.7. The standard InChI is InChI=1S/C11H15F2NO2/c1-15-9-5-7(3-4-14)8(11(12)13)6-10(9)16-2/h5-6,11H,3-4,14H2,1-2H3. The number of methoxy groups -OCH3 is 2. The number of halogens is 2. The summed E-state index contributed by atoms with van der Waals surface area (Å²) in [6.07, 6.45) is -2.15. The monoisotopic (exact) mass is 231 g/mol. The van der Waals surface area contributed by atoms with Gasteiger partial charge in [0.05, 0.1) is 14.2 Å². The van der Waals surface area contributed by atoms with Gasteiger partial charge >= 0.3 is 0 Å². The van der Waals surface area contributed by atoms with Crippen molar-refractivity contribution >= 4 is 0 Å². The van der Waals surface area contributed by atoms with Gasteiger partial charge in [-0.1, -0.05) is 0 Å². The van der Waals surface area contributed by atoms with E-state index in [-0.39, 0.29) is 5.56 Å². The molecule has 1 aromatic carbocycles. The van der Waals surface area contributed by atoms with E-state index in [1.807, 2.05) is 0 Å². The van der Waals surface area contributed by atoms with Crippen LogP contribution in [-0.2, 0) is 6.42 Å². The number of ether oxygens (including phenoxy) is 2. The normalized spacial score (nSPS) is 10.6. The lowest BCUT2D eigenvalue weighted by atomic mass is 10.0. The molecule has 1 aromatic rings. The van der Waals surface area contributed by atoms with Crippen LogP contribution < -0.4 is 15.2 Å². The van der Waals surface area contributed by atoms with Crippen LogP contribution in [0.4, 0.5) is 8.78 Å². The van der Waals surface area contributed by atoms with Gasteiger partial charge in [0.1, 0.15) is 0 Å². The van der Waals surface area contributed by atoms with Crippen LogP contribution in [0.1, 0.15) is 17.6 Å². The Hall–Kier alpha value is -1.36. The summed E-state index contributed by atoms with van der Waals surface area (Å²) in [6.45, 7) is 0.315. The molecule has 0 aliphatic heterocycles. The van der Waals surface area contributed by atoms with E-state index in [2.05, 4.69) is 0 Å². The van der Waals surface area contributed by atoms with Crippen molar-refractivity contribution in [2.24, 2.45) is 5.73 Å². The minimum atomic E-state index is -2.54. The molecule has 0 bridgehead atoms. The Morgan fingerprint density at radius 1 is 1.19 bits per heavy atom. The van der Waals surface area contributed by atoms with Crippen LogP contribution in [0.25, 0.3) is 0 Å². The van der Waals surface area contributed by atoms with Crippen molar-refractivity contribution in [3.05, 3.63) is 23.3 Å². The molecule has 0 aliphatic carbocycles. The quantitative estimate of drug-likeness (QED) is 0.844. The second-order valence-corrected chi connectivity index (χ2v) is 3.25. The molecule has 0 aromatic heterocycles. The maximum absolute atomic E-state index is 12.8. The van der Waals surface area contributed by atoms with Gasteiger partial charge in [0.2, 0.25) is 0 Å². The number of alkyl halides is 2. The molecule has 90 valence electrons. The second kappa shape index (κ2) is 5.65. The molecule has 1 rings (SSSR count). The third-order valence-corrected chi connectivity index (χ3v) is 2.29. The second-order valence-electron chi connectivity index (χ2n) is 3.25. The number of rotatable bonds is 5.